The molecule has 1 unspecified atom stereocenters. The van der Waals surface area contributed by atoms with Crippen LogP contribution in [0.4, 0.5) is 11.4 Å². The molecule has 3 rings (SSSR count). The lowest BCUT2D eigenvalue weighted by Crippen LogP contribution is -2.34. The van der Waals surface area contributed by atoms with Crippen LogP contribution in [-0.2, 0) is 17.9 Å². The molecule has 0 saturated carbocycles. The molecule has 0 aromatic heterocycles. The summed E-state index contributed by atoms with van der Waals surface area (Å²) < 4.78 is 5.51. The molecular formula is C17H17N3O4. The van der Waals surface area contributed by atoms with E-state index < -0.39 is 11.0 Å². The monoisotopic (exact) mass is 327 g/mol. The van der Waals surface area contributed by atoms with Crippen molar-refractivity contribution in [2.45, 2.75) is 26.1 Å². The maximum absolute atomic E-state index is 11.6. The third-order valence-electron chi connectivity index (χ3n) is 3.75. The summed E-state index contributed by atoms with van der Waals surface area (Å²) in [5.41, 5.74) is 2.56. The summed E-state index contributed by atoms with van der Waals surface area (Å²) >= 11 is 0. The van der Waals surface area contributed by atoms with Crippen LogP contribution >= 0.6 is 0 Å². The van der Waals surface area contributed by atoms with E-state index in [0.29, 0.717) is 24.5 Å². The van der Waals surface area contributed by atoms with Crippen LogP contribution in [0.3, 0.4) is 0 Å². The minimum Gasteiger partial charge on any atom is -0.479 e. The summed E-state index contributed by atoms with van der Waals surface area (Å²) in [6, 6.07) is 12.1. The molecule has 1 aliphatic rings. The second kappa shape index (κ2) is 6.67. The van der Waals surface area contributed by atoms with Gasteiger partial charge in [0.15, 0.2) is 6.10 Å². The molecule has 1 aliphatic heterocycles. The number of carbonyl (C=O) groups is 1. The average Bonchev–Trinajstić information content (AvgIpc) is 2.56. The van der Waals surface area contributed by atoms with Gasteiger partial charge in [0.1, 0.15) is 5.75 Å². The quantitative estimate of drug-likeness (QED) is 0.650. The third-order valence-corrected chi connectivity index (χ3v) is 3.75. The number of hydrogen-bond acceptors (Lipinski definition) is 5. The number of nitro groups is 1. The van der Waals surface area contributed by atoms with E-state index in [9.17, 15) is 14.9 Å². The first-order chi connectivity index (χ1) is 11.5. The molecule has 0 bridgehead atoms. The highest BCUT2D eigenvalue weighted by molar-refractivity contribution is 5.97. The highest BCUT2D eigenvalue weighted by Gasteiger charge is 2.23. The Labute approximate surface area is 138 Å². The number of rotatable bonds is 5. The van der Waals surface area contributed by atoms with Crippen LogP contribution in [0.15, 0.2) is 42.5 Å². The maximum atomic E-state index is 11.6. The minimum absolute atomic E-state index is 0.0806. The van der Waals surface area contributed by atoms with E-state index in [1.165, 1.54) is 6.07 Å². The molecule has 1 atom stereocenters. The first-order valence-corrected chi connectivity index (χ1v) is 7.57. The molecule has 1 amide bonds. The van der Waals surface area contributed by atoms with Crippen molar-refractivity contribution in [1.29, 1.82) is 0 Å². The van der Waals surface area contributed by atoms with Crippen LogP contribution in [0.2, 0.25) is 0 Å². The number of amides is 1. The Balaban J connectivity index is 1.61. The van der Waals surface area contributed by atoms with Crippen LogP contribution in [0, 0.1) is 10.1 Å². The van der Waals surface area contributed by atoms with Crippen molar-refractivity contribution >= 4 is 17.3 Å². The minimum atomic E-state index is -0.490. The lowest BCUT2D eigenvalue weighted by molar-refractivity contribution is -0.384. The van der Waals surface area contributed by atoms with Crippen LogP contribution in [-0.4, -0.2) is 16.9 Å². The standard InChI is InChI=1S/C17H17N3O4/c1-11-17(21)19-15-8-13(5-6-16(15)24-11)10-18-9-12-3-2-4-14(7-12)20(22)23/h2-8,11,18H,9-10H2,1H3,(H,19,21). The molecule has 0 radical (unpaired) electrons. The number of fused-ring (bicyclic) bond motifs is 1. The highest BCUT2D eigenvalue weighted by atomic mass is 16.6. The van der Waals surface area contributed by atoms with Crippen molar-refractivity contribution < 1.29 is 14.5 Å². The van der Waals surface area contributed by atoms with Crippen molar-refractivity contribution in [2.75, 3.05) is 5.32 Å². The average molecular weight is 327 g/mol. The van der Waals surface area contributed by atoms with E-state index >= 15 is 0 Å². The van der Waals surface area contributed by atoms with Gasteiger partial charge < -0.3 is 15.4 Å². The lowest BCUT2D eigenvalue weighted by Gasteiger charge is -2.23. The van der Waals surface area contributed by atoms with Gasteiger partial charge in [0.05, 0.1) is 10.6 Å². The first-order valence-electron chi connectivity index (χ1n) is 7.57. The van der Waals surface area contributed by atoms with Gasteiger partial charge in [-0.15, -0.1) is 0 Å². The SMILES string of the molecule is CC1Oc2ccc(CNCc3cccc([N+](=O)[O-])c3)cc2NC1=O. The second-order valence-corrected chi connectivity index (χ2v) is 5.61. The predicted molar refractivity (Wildman–Crippen MR) is 88.8 cm³/mol. The molecule has 1 heterocycles. The van der Waals surface area contributed by atoms with Crippen LogP contribution in [0.25, 0.3) is 0 Å². The largest absolute Gasteiger partial charge is 0.479 e. The molecule has 7 nitrogen and oxygen atoms in total. The van der Waals surface area contributed by atoms with Gasteiger partial charge in [0.25, 0.3) is 11.6 Å². The van der Waals surface area contributed by atoms with Crippen LogP contribution in [0.1, 0.15) is 18.1 Å². The van der Waals surface area contributed by atoms with Gasteiger partial charge in [-0.25, -0.2) is 0 Å². The van der Waals surface area contributed by atoms with Crippen molar-refractivity contribution in [2.24, 2.45) is 0 Å². The molecule has 2 N–H and O–H groups in total. The summed E-state index contributed by atoms with van der Waals surface area (Å²) in [4.78, 5) is 22.0. The van der Waals surface area contributed by atoms with Crippen LogP contribution < -0.4 is 15.4 Å². The van der Waals surface area contributed by atoms with Gasteiger partial charge >= 0.3 is 0 Å². The zero-order valence-corrected chi connectivity index (χ0v) is 13.1. The summed E-state index contributed by atoms with van der Waals surface area (Å²) in [5.74, 6) is 0.494. The Bertz CT molecular complexity index is 791. The number of nitro benzene ring substituents is 1. The van der Waals surface area contributed by atoms with Gasteiger partial charge in [0.2, 0.25) is 0 Å². The Morgan fingerprint density at radius 1 is 1.21 bits per heavy atom. The number of ether oxygens (including phenoxy) is 1. The number of benzene rings is 2. The summed E-state index contributed by atoms with van der Waals surface area (Å²) in [7, 11) is 0. The number of hydrogen-bond donors (Lipinski definition) is 2. The topological polar surface area (TPSA) is 93.5 Å². The van der Waals surface area contributed by atoms with Gasteiger partial charge in [0, 0.05) is 25.2 Å². The Morgan fingerprint density at radius 2 is 1.96 bits per heavy atom. The van der Waals surface area contributed by atoms with Crippen molar-refractivity contribution in [1.82, 2.24) is 5.32 Å². The summed E-state index contributed by atoms with van der Waals surface area (Å²) in [5, 5.41) is 16.8. The van der Waals surface area contributed by atoms with Gasteiger partial charge in [-0.2, -0.15) is 0 Å². The molecular weight excluding hydrogens is 310 g/mol. The first kappa shape index (κ1) is 15.9. The zero-order chi connectivity index (χ0) is 17.1. The van der Waals surface area contributed by atoms with Gasteiger partial charge in [-0.1, -0.05) is 18.2 Å². The second-order valence-electron chi connectivity index (χ2n) is 5.61. The Morgan fingerprint density at radius 3 is 2.71 bits per heavy atom. The molecule has 2 aromatic carbocycles. The summed E-state index contributed by atoms with van der Waals surface area (Å²) in [6.45, 7) is 2.78. The van der Waals surface area contributed by atoms with E-state index in [1.807, 2.05) is 24.3 Å². The number of anilines is 1. The number of nitrogens with one attached hydrogen (secondary N) is 2. The lowest BCUT2D eigenvalue weighted by atomic mass is 10.1. The smallest absolute Gasteiger partial charge is 0.269 e. The van der Waals surface area contributed by atoms with Crippen molar-refractivity contribution in [3.05, 3.63) is 63.7 Å². The van der Waals surface area contributed by atoms with Gasteiger partial charge in [-0.05, 0) is 30.2 Å². The molecule has 0 saturated heterocycles. The van der Waals surface area contributed by atoms with E-state index in [0.717, 1.165) is 11.1 Å². The fourth-order valence-corrected chi connectivity index (χ4v) is 2.50. The predicted octanol–water partition coefficient (Wildman–Crippen LogP) is 2.60. The molecule has 0 fully saturated rings. The van der Waals surface area contributed by atoms with Crippen molar-refractivity contribution in [3.8, 4) is 5.75 Å². The molecule has 7 heteroatoms. The number of nitrogens with zero attached hydrogens (tertiary/aromatic N) is 1. The normalized spacial score (nSPS) is 16.0. The van der Waals surface area contributed by atoms with E-state index in [-0.39, 0.29) is 11.6 Å². The van der Waals surface area contributed by atoms with Gasteiger partial charge in [-0.3, -0.25) is 14.9 Å². The van der Waals surface area contributed by atoms with Crippen LogP contribution in [0.5, 0.6) is 5.75 Å². The molecule has 2 aromatic rings. The third kappa shape index (κ3) is 3.52. The fraction of sp³-hybridized carbons (Fsp3) is 0.235. The molecule has 124 valence electrons. The summed E-state index contributed by atoms with van der Waals surface area (Å²) in [6.07, 6.45) is -0.490. The fourth-order valence-electron chi connectivity index (χ4n) is 2.50. The molecule has 24 heavy (non-hydrogen) atoms. The van der Waals surface area contributed by atoms with E-state index in [4.69, 9.17) is 4.74 Å². The Hall–Kier alpha value is -2.93. The zero-order valence-electron chi connectivity index (χ0n) is 13.1. The van der Waals surface area contributed by atoms with E-state index in [1.54, 1.807) is 19.1 Å². The Kier molecular flexibility index (Phi) is 4.43. The molecule has 0 aliphatic carbocycles. The highest BCUT2D eigenvalue weighted by Crippen LogP contribution is 2.30. The van der Waals surface area contributed by atoms with E-state index in [2.05, 4.69) is 10.6 Å². The van der Waals surface area contributed by atoms with Crippen molar-refractivity contribution in [3.63, 3.8) is 0 Å². The maximum Gasteiger partial charge on any atom is 0.269 e. The number of non-ortho nitro benzene ring substituents is 1. The number of carbonyl (C=O) groups excluding carboxylic acids is 1. The molecule has 0 spiro atoms.